The molecule has 2 aromatic carbocycles. The Kier molecular flexibility index (Phi) is 5.25. The third kappa shape index (κ3) is 3.60. The van der Waals surface area contributed by atoms with Gasteiger partial charge in [0.25, 0.3) is 5.56 Å². The zero-order chi connectivity index (χ0) is 23.3. The maximum Gasteiger partial charge on any atom is 0.332 e. The van der Waals surface area contributed by atoms with E-state index in [-0.39, 0.29) is 18.0 Å². The minimum Gasteiger partial charge on any atom is -0.497 e. The summed E-state index contributed by atoms with van der Waals surface area (Å²) in [6, 6.07) is 14.9. The summed E-state index contributed by atoms with van der Waals surface area (Å²) in [4.78, 5) is 33.5. The maximum absolute atomic E-state index is 13.6. The zero-order valence-corrected chi connectivity index (χ0v) is 19.4. The van der Waals surface area contributed by atoms with E-state index in [1.165, 1.54) is 9.13 Å². The average Bonchev–Trinajstić information content (AvgIpc) is 3.19. The summed E-state index contributed by atoms with van der Waals surface area (Å²) in [5.74, 6) is 1.69. The molecular weight excluding hydrogens is 442 g/mol. The number of ether oxygens (including phenoxy) is 1. The standard InChI is InChI=1S/C24H24ClN5O3/c1-15-12-28(18-7-9-19(33-3)10-8-18)23-26-21-20(29(23)13-15)22(31)30(24(32)27(21)2)14-16-5-4-6-17(25)11-16/h4-11,15H,12-14H2,1-3H3/t15-/m1/s1. The summed E-state index contributed by atoms with van der Waals surface area (Å²) in [7, 11) is 3.28. The Balaban J connectivity index is 1.69. The lowest BCUT2D eigenvalue weighted by atomic mass is 10.1. The molecule has 0 bridgehead atoms. The molecule has 8 nitrogen and oxygen atoms in total. The topological polar surface area (TPSA) is 74.3 Å². The third-order valence-electron chi connectivity index (χ3n) is 6.06. The summed E-state index contributed by atoms with van der Waals surface area (Å²) in [6.07, 6.45) is 0. The molecule has 0 radical (unpaired) electrons. The Labute approximate surface area is 195 Å². The summed E-state index contributed by atoms with van der Waals surface area (Å²) < 4.78 is 9.91. The first-order valence-corrected chi connectivity index (χ1v) is 11.1. The van der Waals surface area contributed by atoms with Gasteiger partial charge in [-0.3, -0.25) is 13.9 Å². The van der Waals surface area contributed by atoms with Gasteiger partial charge in [0.1, 0.15) is 5.75 Å². The van der Waals surface area contributed by atoms with Crippen molar-refractivity contribution in [3.63, 3.8) is 0 Å². The number of methoxy groups -OCH3 is 1. The van der Waals surface area contributed by atoms with Crippen molar-refractivity contribution in [1.82, 2.24) is 18.7 Å². The number of rotatable bonds is 4. The number of hydrogen-bond donors (Lipinski definition) is 0. The second-order valence-corrected chi connectivity index (χ2v) is 8.91. The van der Waals surface area contributed by atoms with Crippen molar-refractivity contribution in [3.8, 4) is 5.75 Å². The molecule has 2 aromatic heterocycles. The van der Waals surface area contributed by atoms with Crippen LogP contribution in [0.25, 0.3) is 11.2 Å². The van der Waals surface area contributed by atoms with Gasteiger partial charge in [0.2, 0.25) is 5.95 Å². The van der Waals surface area contributed by atoms with Crippen LogP contribution >= 0.6 is 11.6 Å². The van der Waals surface area contributed by atoms with Gasteiger partial charge >= 0.3 is 5.69 Å². The van der Waals surface area contributed by atoms with Gasteiger partial charge in [0, 0.05) is 30.8 Å². The SMILES string of the molecule is COc1ccc(N2C[C@@H](C)Cn3c2nc2c3c(=O)n(Cc3cccc(Cl)c3)c(=O)n2C)cc1. The monoisotopic (exact) mass is 465 g/mol. The lowest BCUT2D eigenvalue weighted by Gasteiger charge is -2.33. The van der Waals surface area contributed by atoms with Crippen LogP contribution in [0, 0.1) is 5.92 Å². The van der Waals surface area contributed by atoms with Crippen molar-refractivity contribution in [2.24, 2.45) is 13.0 Å². The van der Waals surface area contributed by atoms with E-state index in [0.29, 0.717) is 28.7 Å². The zero-order valence-electron chi connectivity index (χ0n) is 18.7. The largest absolute Gasteiger partial charge is 0.497 e. The molecule has 33 heavy (non-hydrogen) atoms. The first kappa shape index (κ1) is 21.3. The van der Waals surface area contributed by atoms with Crippen LogP contribution < -0.4 is 20.9 Å². The van der Waals surface area contributed by atoms with Crippen molar-refractivity contribution in [3.05, 3.63) is 80.0 Å². The average molecular weight is 466 g/mol. The molecular formula is C24H24ClN5O3. The molecule has 1 aliphatic rings. The predicted octanol–water partition coefficient (Wildman–Crippen LogP) is 3.39. The molecule has 0 fully saturated rings. The van der Waals surface area contributed by atoms with Gasteiger partial charge in [0.15, 0.2) is 11.2 Å². The van der Waals surface area contributed by atoms with Crippen molar-refractivity contribution in [2.45, 2.75) is 20.0 Å². The number of halogens is 1. The Hall–Kier alpha value is -3.52. The molecule has 0 saturated carbocycles. The van der Waals surface area contributed by atoms with Gasteiger partial charge in [-0.1, -0.05) is 30.7 Å². The molecule has 3 heterocycles. The van der Waals surface area contributed by atoms with Crippen molar-refractivity contribution < 1.29 is 4.74 Å². The smallest absolute Gasteiger partial charge is 0.332 e. The number of benzene rings is 2. The highest BCUT2D eigenvalue weighted by Gasteiger charge is 2.29. The Bertz CT molecular complexity index is 1470. The van der Waals surface area contributed by atoms with E-state index in [9.17, 15) is 9.59 Å². The Morgan fingerprint density at radius 2 is 1.88 bits per heavy atom. The van der Waals surface area contributed by atoms with E-state index in [4.69, 9.17) is 21.3 Å². The van der Waals surface area contributed by atoms with Gasteiger partial charge in [-0.2, -0.15) is 4.98 Å². The second-order valence-electron chi connectivity index (χ2n) is 8.47. The number of nitrogens with zero attached hydrogens (tertiary/aromatic N) is 5. The molecule has 0 N–H and O–H groups in total. The van der Waals surface area contributed by atoms with Crippen molar-refractivity contribution >= 4 is 34.4 Å². The maximum atomic E-state index is 13.6. The number of aryl methyl sites for hydroxylation is 1. The van der Waals surface area contributed by atoms with E-state index in [1.54, 1.807) is 32.4 Å². The molecule has 170 valence electrons. The summed E-state index contributed by atoms with van der Waals surface area (Å²) in [6.45, 7) is 3.67. The molecule has 9 heteroatoms. The van der Waals surface area contributed by atoms with E-state index >= 15 is 0 Å². The van der Waals surface area contributed by atoms with Gasteiger partial charge in [0.05, 0.1) is 13.7 Å². The van der Waals surface area contributed by atoms with E-state index < -0.39 is 5.69 Å². The number of hydrogen-bond acceptors (Lipinski definition) is 5. The molecule has 0 aliphatic carbocycles. The molecule has 0 saturated heterocycles. The van der Waals surface area contributed by atoms with Crippen LogP contribution in [0.5, 0.6) is 5.75 Å². The lowest BCUT2D eigenvalue weighted by molar-refractivity contribution is 0.414. The minimum atomic E-state index is -0.410. The van der Waals surface area contributed by atoms with Crippen LogP contribution in [-0.2, 0) is 20.1 Å². The molecule has 0 spiro atoms. The summed E-state index contributed by atoms with van der Waals surface area (Å²) in [5.41, 5.74) is 1.78. The quantitative estimate of drug-likeness (QED) is 0.462. The Morgan fingerprint density at radius 3 is 2.58 bits per heavy atom. The van der Waals surface area contributed by atoms with Gasteiger partial charge in [-0.05, 0) is 47.9 Å². The van der Waals surface area contributed by atoms with E-state index in [2.05, 4.69) is 11.8 Å². The van der Waals surface area contributed by atoms with E-state index in [0.717, 1.165) is 23.5 Å². The minimum absolute atomic E-state index is 0.139. The fraction of sp³-hybridized carbons (Fsp3) is 0.292. The normalized spacial score (nSPS) is 15.6. The first-order valence-electron chi connectivity index (χ1n) is 10.7. The fourth-order valence-electron chi connectivity index (χ4n) is 4.44. The molecule has 0 unspecified atom stereocenters. The molecule has 5 rings (SSSR count). The van der Waals surface area contributed by atoms with Gasteiger partial charge < -0.3 is 14.2 Å². The number of imidazole rings is 1. The predicted molar refractivity (Wildman–Crippen MR) is 129 cm³/mol. The van der Waals surface area contributed by atoms with Gasteiger partial charge in [-0.15, -0.1) is 0 Å². The van der Waals surface area contributed by atoms with Crippen LogP contribution in [0.4, 0.5) is 11.6 Å². The highest BCUT2D eigenvalue weighted by atomic mass is 35.5. The third-order valence-corrected chi connectivity index (χ3v) is 6.29. The highest BCUT2D eigenvalue weighted by molar-refractivity contribution is 6.30. The Morgan fingerprint density at radius 1 is 1.12 bits per heavy atom. The molecule has 1 aliphatic heterocycles. The van der Waals surface area contributed by atoms with Crippen LogP contribution in [0.3, 0.4) is 0 Å². The first-order chi connectivity index (χ1) is 15.9. The van der Waals surface area contributed by atoms with Crippen molar-refractivity contribution in [2.75, 3.05) is 18.6 Å². The van der Waals surface area contributed by atoms with E-state index in [1.807, 2.05) is 34.9 Å². The summed E-state index contributed by atoms with van der Waals surface area (Å²) in [5, 5.41) is 0.559. The lowest BCUT2D eigenvalue weighted by Crippen LogP contribution is -2.40. The fourth-order valence-corrected chi connectivity index (χ4v) is 4.66. The van der Waals surface area contributed by atoms with Crippen molar-refractivity contribution in [1.29, 1.82) is 0 Å². The summed E-state index contributed by atoms with van der Waals surface area (Å²) >= 11 is 6.11. The second kappa shape index (κ2) is 8.12. The number of aromatic nitrogens is 4. The molecule has 1 atom stereocenters. The highest BCUT2D eigenvalue weighted by Crippen LogP contribution is 2.33. The van der Waals surface area contributed by atoms with Gasteiger partial charge in [-0.25, -0.2) is 4.79 Å². The molecule has 4 aromatic rings. The van der Waals surface area contributed by atoms with Crippen LogP contribution in [-0.4, -0.2) is 32.3 Å². The van der Waals surface area contributed by atoms with Crippen LogP contribution in [0.1, 0.15) is 12.5 Å². The van der Waals surface area contributed by atoms with Crippen LogP contribution in [0.2, 0.25) is 5.02 Å². The molecule has 0 amide bonds. The van der Waals surface area contributed by atoms with Crippen LogP contribution in [0.15, 0.2) is 58.1 Å². The number of fused-ring (bicyclic) bond motifs is 3. The number of anilines is 2.